The Hall–Kier alpha value is -1.59. The maximum Gasteiger partial charge on any atom is 0.237 e. The van der Waals surface area contributed by atoms with Crippen LogP contribution in [0.4, 0.5) is 5.69 Å². The van der Waals surface area contributed by atoms with E-state index in [0.717, 1.165) is 19.6 Å². The predicted molar refractivity (Wildman–Crippen MR) is 98.3 cm³/mol. The van der Waals surface area contributed by atoms with Crippen LogP contribution in [0.25, 0.3) is 0 Å². The second kappa shape index (κ2) is 9.64. The number of benzene rings is 1. The van der Waals surface area contributed by atoms with Crippen molar-refractivity contribution in [3.05, 3.63) is 29.8 Å². The first-order chi connectivity index (χ1) is 11.6. The average molecular weight is 333 g/mol. The maximum absolute atomic E-state index is 12.2. The summed E-state index contributed by atoms with van der Waals surface area (Å²) in [7, 11) is 3.65. The monoisotopic (exact) mass is 333 g/mol. The molecule has 1 aromatic rings. The van der Waals surface area contributed by atoms with Crippen molar-refractivity contribution in [3.63, 3.8) is 0 Å². The van der Waals surface area contributed by atoms with Crippen molar-refractivity contribution in [2.75, 3.05) is 45.3 Å². The van der Waals surface area contributed by atoms with Crippen LogP contribution in [-0.2, 0) is 16.1 Å². The van der Waals surface area contributed by atoms with Crippen molar-refractivity contribution < 1.29 is 9.53 Å². The van der Waals surface area contributed by atoms with E-state index < -0.39 is 0 Å². The number of carbonyl (C=O) groups is 1. The van der Waals surface area contributed by atoms with Crippen molar-refractivity contribution >= 4 is 11.6 Å². The topological polar surface area (TPSA) is 44.8 Å². The number of nitrogens with zero attached hydrogens (tertiary/aromatic N) is 2. The van der Waals surface area contributed by atoms with Crippen molar-refractivity contribution in [3.8, 4) is 0 Å². The quantitative estimate of drug-likeness (QED) is 0.741. The van der Waals surface area contributed by atoms with Crippen LogP contribution in [0.15, 0.2) is 24.3 Å². The number of hydrogen-bond donors (Lipinski definition) is 1. The van der Waals surface area contributed by atoms with Gasteiger partial charge < -0.3 is 15.0 Å². The van der Waals surface area contributed by atoms with E-state index in [1.807, 2.05) is 14.0 Å². The molecule has 1 amide bonds. The van der Waals surface area contributed by atoms with Crippen molar-refractivity contribution in [2.45, 2.75) is 38.8 Å². The molecule has 24 heavy (non-hydrogen) atoms. The number of likely N-dealkylation sites (N-methyl/N-ethyl adjacent to an activating group) is 1. The second-order valence-electron chi connectivity index (χ2n) is 6.55. The van der Waals surface area contributed by atoms with Crippen molar-refractivity contribution in [1.82, 2.24) is 10.2 Å². The molecule has 1 aliphatic heterocycles. The molecule has 1 saturated heterocycles. The fourth-order valence-corrected chi connectivity index (χ4v) is 3.12. The minimum absolute atomic E-state index is 0.0463. The van der Waals surface area contributed by atoms with Crippen LogP contribution in [0, 0.1) is 0 Å². The number of methoxy groups -OCH3 is 1. The number of carbonyl (C=O) groups excluding carboxylic acids is 1. The SMILES string of the molecule is COCCNC(=O)[C@@H](C)N(C)Cc1ccccc1N1CCCCC1. The maximum atomic E-state index is 12.2. The Morgan fingerprint density at radius 1 is 1.29 bits per heavy atom. The fraction of sp³-hybridized carbons (Fsp3) is 0.632. The van der Waals surface area contributed by atoms with E-state index in [4.69, 9.17) is 4.74 Å². The molecule has 1 N–H and O–H groups in total. The van der Waals surface area contributed by atoms with Crippen LogP contribution >= 0.6 is 0 Å². The van der Waals surface area contributed by atoms with E-state index in [0.29, 0.717) is 13.2 Å². The zero-order valence-electron chi connectivity index (χ0n) is 15.3. The van der Waals surface area contributed by atoms with Gasteiger partial charge in [0.25, 0.3) is 0 Å². The molecule has 0 spiro atoms. The highest BCUT2D eigenvalue weighted by atomic mass is 16.5. The van der Waals surface area contributed by atoms with Gasteiger partial charge in [0.15, 0.2) is 0 Å². The molecule has 2 rings (SSSR count). The Labute approximate surface area is 146 Å². The lowest BCUT2D eigenvalue weighted by Crippen LogP contribution is -2.44. The van der Waals surface area contributed by atoms with E-state index in [-0.39, 0.29) is 11.9 Å². The molecule has 1 fully saturated rings. The third-order valence-electron chi connectivity index (χ3n) is 4.75. The van der Waals surface area contributed by atoms with Gasteiger partial charge in [-0.1, -0.05) is 18.2 Å². The van der Waals surface area contributed by atoms with Gasteiger partial charge in [-0.25, -0.2) is 0 Å². The molecule has 5 nitrogen and oxygen atoms in total. The number of piperidine rings is 1. The molecule has 0 radical (unpaired) electrons. The smallest absolute Gasteiger partial charge is 0.237 e. The molecule has 0 saturated carbocycles. The molecule has 1 aliphatic rings. The minimum Gasteiger partial charge on any atom is -0.383 e. The highest BCUT2D eigenvalue weighted by molar-refractivity contribution is 5.81. The Morgan fingerprint density at radius 3 is 2.71 bits per heavy atom. The summed E-state index contributed by atoms with van der Waals surface area (Å²) in [5.41, 5.74) is 2.61. The summed E-state index contributed by atoms with van der Waals surface area (Å²) in [6, 6.07) is 8.40. The van der Waals surface area contributed by atoms with Gasteiger partial charge >= 0.3 is 0 Å². The Morgan fingerprint density at radius 2 is 2.00 bits per heavy atom. The lowest BCUT2D eigenvalue weighted by Gasteiger charge is -2.32. The van der Waals surface area contributed by atoms with Crippen LogP contribution in [-0.4, -0.2) is 57.2 Å². The summed E-state index contributed by atoms with van der Waals surface area (Å²) in [4.78, 5) is 16.8. The minimum atomic E-state index is -0.170. The van der Waals surface area contributed by atoms with E-state index in [1.165, 1.54) is 30.5 Å². The van der Waals surface area contributed by atoms with Crippen LogP contribution in [0.5, 0.6) is 0 Å². The molecular formula is C19H31N3O2. The first-order valence-electron chi connectivity index (χ1n) is 8.93. The third-order valence-corrected chi connectivity index (χ3v) is 4.75. The number of anilines is 1. The number of ether oxygens (including phenoxy) is 1. The number of hydrogen-bond acceptors (Lipinski definition) is 4. The van der Waals surface area contributed by atoms with E-state index in [1.54, 1.807) is 7.11 Å². The Balaban J connectivity index is 1.98. The zero-order valence-corrected chi connectivity index (χ0v) is 15.3. The molecule has 1 aromatic carbocycles. The first kappa shape index (κ1) is 18.7. The predicted octanol–water partition coefficient (Wildman–Crippen LogP) is 2.26. The lowest BCUT2D eigenvalue weighted by molar-refractivity contribution is -0.125. The summed E-state index contributed by atoms with van der Waals surface area (Å²) in [5.74, 6) is 0.0463. The van der Waals surface area contributed by atoms with E-state index in [9.17, 15) is 4.79 Å². The van der Waals surface area contributed by atoms with Crippen molar-refractivity contribution in [1.29, 1.82) is 0 Å². The molecule has 0 aliphatic carbocycles. The molecule has 1 atom stereocenters. The average Bonchev–Trinajstić information content (AvgIpc) is 2.62. The third kappa shape index (κ3) is 5.21. The summed E-state index contributed by atoms with van der Waals surface area (Å²) < 4.78 is 4.98. The normalized spacial score (nSPS) is 16.2. The second-order valence-corrected chi connectivity index (χ2v) is 6.55. The van der Waals surface area contributed by atoms with Crippen molar-refractivity contribution in [2.24, 2.45) is 0 Å². The lowest BCUT2D eigenvalue weighted by atomic mass is 10.1. The van der Waals surface area contributed by atoms with Gasteiger partial charge in [-0.05, 0) is 44.9 Å². The highest BCUT2D eigenvalue weighted by Crippen LogP contribution is 2.25. The number of rotatable bonds is 8. The van der Waals surface area contributed by atoms with Crippen LogP contribution in [0.2, 0.25) is 0 Å². The zero-order chi connectivity index (χ0) is 17.4. The standard InChI is InChI=1S/C19H31N3O2/c1-16(19(23)20-11-14-24-3)21(2)15-17-9-5-6-10-18(17)22-12-7-4-8-13-22/h5-6,9-10,16H,4,7-8,11-15H2,1-3H3,(H,20,23)/t16-/m1/s1. The number of para-hydroxylation sites is 1. The summed E-state index contributed by atoms with van der Waals surface area (Å²) in [5, 5.41) is 2.91. The summed E-state index contributed by atoms with van der Waals surface area (Å²) in [6.07, 6.45) is 3.86. The van der Waals surface area contributed by atoms with Gasteiger partial charge in [-0.15, -0.1) is 0 Å². The highest BCUT2D eigenvalue weighted by Gasteiger charge is 2.20. The molecule has 134 valence electrons. The van der Waals surface area contributed by atoms with Gasteiger partial charge in [0, 0.05) is 39.0 Å². The van der Waals surface area contributed by atoms with Gasteiger partial charge in [-0.2, -0.15) is 0 Å². The molecule has 0 bridgehead atoms. The van der Waals surface area contributed by atoms with E-state index >= 15 is 0 Å². The van der Waals surface area contributed by atoms with Crippen LogP contribution in [0.1, 0.15) is 31.7 Å². The van der Waals surface area contributed by atoms with Gasteiger partial charge in [-0.3, -0.25) is 9.69 Å². The first-order valence-corrected chi connectivity index (χ1v) is 8.93. The number of nitrogens with one attached hydrogen (secondary N) is 1. The molecule has 1 heterocycles. The summed E-state index contributed by atoms with van der Waals surface area (Å²) in [6.45, 7) is 6.08. The molecular weight excluding hydrogens is 302 g/mol. The fourth-order valence-electron chi connectivity index (χ4n) is 3.12. The van der Waals surface area contributed by atoms with Gasteiger partial charge in [0.2, 0.25) is 5.91 Å². The van der Waals surface area contributed by atoms with Gasteiger partial charge in [0.05, 0.1) is 12.6 Å². The molecule has 0 unspecified atom stereocenters. The summed E-state index contributed by atoms with van der Waals surface area (Å²) >= 11 is 0. The van der Waals surface area contributed by atoms with Crippen LogP contribution in [0.3, 0.4) is 0 Å². The van der Waals surface area contributed by atoms with Crippen LogP contribution < -0.4 is 10.2 Å². The molecule has 0 aromatic heterocycles. The Kier molecular flexibility index (Phi) is 7.53. The Bertz CT molecular complexity index is 515. The number of amides is 1. The largest absolute Gasteiger partial charge is 0.383 e. The van der Waals surface area contributed by atoms with Gasteiger partial charge in [0.1, 0.15) is 0 Å². The molecule has 5 heteroatoms. The van der Waals surface area contributed by atoms with E-state index in [2.05, 4.69) is 39.4 Å².